The van der Waals surface area contributed by atoms with Crippen LogP contribution in [0.15, 0.2) is 59.6 Å². The molecule has 2 aromatic rings. The molecule has 3 rings (SSSR count). The van der Waals surface area contributed by atoms with Gasteiger partial charge < -0.3 is 16.0 Å². The number of hydrogen-bond acceptors (Lipinski definition) is 4. The molecule has 0 aliphatic carbocycles. The highest BCUT2D eigenvalue weighted by Gasteiger charge is 2.36. The maximum Gasteiger partial charge on any atom is 0.272 e. The van der Waals surface area contributed by atoms with Crippen molar-refractivity contribution in [3.8, 4) is 0 Å². The van der Waals surface area contributed by atoms with E-state index in [0.29, 0.717) is 18.7 Å². The monoisotopic (exact) mass is 462 g/mol. The zero-order valence-electron chi connectivity index (χ0n) is 20.3. The molecule has 7 heteroatoms. The van der Waals surface area contributed by atoms with E-state index >= 15 is 0 Å². The molecule has 34 heavy (non-hydrogen) atoms. The Kier molecular flexibility index (Phi) is 8.21. The van der Waals surface area contributed by atoms with Crippen LogP contribution in [0.5, 0.6) is 0 Å². The van der Waals surface area contributed by atoms with Crippen molar-refractivity contribution >= 4 is 29.1 Å². The summed E-state index contributed by atoms with van der Waals surface area (Å²) in [6.45, 7) is 8.11. The summed E-state index contributed by atoms with van der Waals surface area (Å²) in [5, 5.41) is 2.85. The Balaban J connectivity index is 2.07. The summed E-state index contributed by atoms with van der Waals surface area (Å²) in [4.78, 5) is 45.4. The quantitative estimate of drug-likeness (QED) is 0.596. The molecule has 0 aromatic heterocycles. The molecule has 3 amide bonds. The Bertz CT molecular complexity index is 1060. The molecule has 1 heterocycles. The maximum absolute atomic E-state index is 13.7. The second-order valence-electron chi connectivity index (χ2n) is 9.19. The Morgan fingerprint density at radius 2 is 1.71 bits per heavy atom. The van der Waals surface area contributed by atoms with Crippen molar-refractivity contribution in [2.45, 2.75) is 46.7 Å². The third kappa shape index (κ3) is 5.53. The number of fused-ring (bicyclic) bond motifs is 1. The number of carbonyl (C=O) groups excluding carboxylic acids is 3. The molecule has 0 fully saturated rings. The third-order valence-corrected chi connectivity index (χ3v) is 6.10. The van der Waals surface area contributed by atoms with E-state index in [1.807, 2.05) is 75.4 Å². The number of rotatable bonds is 9. The van der Waals surface area contributed by atoms with E-state index in [1.165, 1.54) is 0 Å². The number of anilines is 1. The first kappa shape index (κ1) is 25.1. The number of hydrogen-bond donors (Lipinski definition) is 2. The zero-order valence-corrected chi connectivity index (χ0v) is 20.3. The molecule has 180 valence electrons. The van der Waals surface area contributed by atoms with Crippen molar-refractivity contribution in [3.05, 3.63) is 65.7 Å². The van der Waals surface area contributed by atoms with Crippen molar-refractivity contribution in [2.24, 2.45) is 28.5 Å². The van der Waals surface area contributed by atoms with Crippen LogP contribution >= 0.6 is 0 Å². The topological polar surface area (TPSA) is 105 Å². The van der Waals surface area contributed by atoms with Gasteiger partial charge in [-0.05, 0) is 24.8 Å². The summed E-state index contributed by atoms with van der Waals surface area (Å²) in [5.41, 5.74) is 8.61. The summed E-state index contributed by atoms with van der Waals surface area (Å²) >= 11 is 0. The standard InChI is InChI=1S/C27H34N4O3/c1-5-15-31-22-14-10-9-13-20(22)23(19-11-7-6-8-12-19)29-25(27(31)34)30-26(33)21(16-17(2)3)18(4)24(28)32/h6-14,17-18,21,25H,5,15-16H2,1-4H3,(H2,28,32)(H,30,33)/t18-,21+,25+/m0/s1. The minimum absolute atomic E-state index is 0.173. The lowest BCUT2D eigenvalue weighted by Gasteiger charge is -2.27. The summed E-state index contributed by atoms with van der Waals surface area (Å²) < 4.78 is 0. The van der Waals surface area contributed by atoms with Crippen molar-refractivity contribution in [2.75, 3.05) is 11.4 Å². The Hall–Kier alpha value is -3.48. The number of amides is 3. The fourth-order valence-corrected chi connectivity index (χ4v) is 4.29. The van der Waals surface area contributed by atoms with Crippen LogP contribution < -0.4 is 16.0 Å². The van der Waals surface area contributed by atoms with Gasteiger partial charge in [0.1, 0.15) is 0 Å². The zero-order chi connectivity index (χ0) is 24.8. The van der Waals surface area contributed by atoms with Crippen LogP contribution in [0.1, 0.15) is 51.7 Å². The number of carbonyl (C=O) groups is 3. The van der Waals surface area contributed by atoms with Gasteiger partial charge in [0.15, 0.2) is 0 Å². The van der Waals surface area contributed by atoms with Crippen molar-refractivity contribution in [1.29, 1.82) is 0 Å². The fraction of sp³-hybridized carbons (Fsp3) is 0.407. The Morgan fingerprint density at radius 3 is 2.32 bits per heavy atom. The highest BCUT2D eigenvalue weighted by Crippen LogP contribution is 2.29. The molecule has 7 nitrogen and oxygen atoms in total. The average molecular weight is 463 g/mol. The van der Waals surface area contributed by atoms with Crippen LogP contribution in [-0.2, 0) is 14.4 Å². The van der Waals surface area contributed by atoms with Crippen molar-refractivity contribution in [3.63, 3.8) is 0 Å². The van der Waals surface area contributed by atoms with Gasteiger partial charge in [-0.2, -0.15) is 0 Å². The fourth-order valence-electron chi connectivity index (χ4n) is 4.29. The van der Waals surface area contributed by atoms with Gasteiger partial charge in [-0.3, -0.25) is 14.4 Å². The lowest BCUT2D eigenvalue weighted by Crippen LogP contribution is -2.50. The predicted octanol–water partition coefficient (Wildman–Crippen LogP) is 3.51. The van der Waals surface area contributed by atoms with E-state index in [9.17, 15) is 14.4 Å². The second-order valence-corrected chi connectivity index (χ2v) is 9.19. The molecule has 3 N–H and O–H groups in total. The molecule has 2 aromatic carbocycles. The van der Waals surface area contributed by atoms with Crippen LogP contribution in [0.25, 0.3) is 0 Å². The first-order valence-corrected chi connectivity index (χ1v) is 11.9. The van der Waals surface area contributed by atoms with E-state index in [4.69, 9.17) is 10.7 Å². The Labute approximate surface area is 201 Å². The average Bonchev–Trinajstić information content (AvgIpc) is 2.93. The van der Waals surface area contributed by atoms with Crippen molar-refractivity contribution < 1.29 is 14.4 Å². The van der Waals surface area contributed by atoms with Gasteiger partial charge in [0, 0.05) is 29.5 Å². The number of primary amides is 1. The second kappa shape index (κ2) is 11.1. The number of para-hydroxylation sites is 1. The highest BCUT2D eigenvalue weighted by atomic mass is 16.2. The number of nitrogens with one attached hydrogen (secondary N) is 1. The predicted molar refractivity (Wildman–Crippen MR) is 134 cm³/mol. The van der Waals surface area contributed by atoms with Gasteiger partial charge in [-0.25, -0.2) is 4.99 Å². The van der Waals surface area contributed by atoms with E-state index in [0.717, 1.165) is 23.2 Å². The molecule has 0 saturated carbocycles. The van der Waals surface area contributed by atoms with E-state index in [-0.39, 0.29) is 11.8 Å². The summed E-state index contributed by atoms with van der Waals surface area (Å²) in [7, 11) is 0. The molecule has 1 aliphatic rings. The van der Waals surface area contributed by atoms with Gasteiger partial charge in [-0.15, -0.1) is 0 Å². The molecule has 0 unspecified atom stereocenters. The minimum atomic E-state index is -1.11. The first-order valence-electron chi connectivity index (χ1n) is 11.9. The highest BCUT2D eigenvalue weighted by molar-refractivity contribution is 6.20. The van der Waals surface area contributed by atoms with Crippen LogP contribution in [0.3, 0.4) is 0 Å². The third-order valence-electron chi connectivity index (χ3n) is 6.10. The van der Waals surface area contributed by atoms with E-state index in [2.05, 4.69) is 5.32 Å². The van der Waals surface area contributed by atoms with Crippen LogP contribution in [-0.4, -0.2) is 36.1 Å². The van der Waals surface area contributed by atoms with Gasteiger partial charge in [0.2, 0.25) is 18.0 Å². The molecule has 0 bridgehead atoms. The molecular weight excluding hydrogens is 428 g/mol. The molecule has 0 spiro atoms. The van der Waals surface area contributed by atoms with Gasteiger partial charge >= 0.3 is 0 Å². The summed E-state index contributed by atoms with van der Waals surface area (Å²) in [6, 6.07) is 17.3. The van der Waals surface area contributed by atoms with Gasteiger partial charge in [0.05, 0.1) is 11.4 Å². The lowest BCUT2D eigenvalue weighted by molar-refractivity contribution is -0.135. The molecular formula is C27H34N4O3. The maximum atomic E-state index is 13.7. The number of aliphatic imine (C=N–C) groups is 1. The molecule has 3 atom stereocenters. The number of nitrogens with two attached hydrogens (primary N) is 1. The van der Waals surface area contributed by atoms with E-state index < -0.39 is 29.8 Å². The Morgan fingerprint density at radius 1 is 1.06 bits per heavy atom. The molecule has 0 radical (unpaired) electrons. The summed E-state index contributed by atoms with van der Waals surface area (Å²) in [5.74, 6) is -2.37. The lowest BCUT2D eigenvalue weighted by atomic mass is 9.85. The van der Waals surface area contributed by atoms with Crippen molar-refractivity contribution in [1.82, 2.24) is 5.32 Å². The molecule has 0 saturated heterocycles. The number of benzene rings is 2. The summed E-state index contributed by atoms with van der Waals surface area (Å²) in [6.07, 6.45) is 0.109. The van der Waals surface area contributed by atoms with E-state index in [1.54, 1.807) is 11.8 Å². The van der Waals surface area contributed by atoms with Crippen LogP contribution in [0.2, 0.25) is 0 Å². The number of benzodiazepines with no additional fused rings is 1. The normalized spacial score (nSPS) is 17.4. The van der Waals surface area contributed by atoms with Crippen LogP contribution in [0, 0.1) is 17.8 Å². The minimum Gasteiger partial charge on any atom is -0.369 e. The van der Waals surface area contributed by atoms with Gasteiger partial charge in [-0.1, -0.05) is 76.2 Å². The SMILES string of the molecule is CCCN1C(=O)[C@@H](NC(=O)[C@H](CC(C)C)[C@H](C)C(N)=O)N=C(c2ccccc2)c2ccccc21. The smallest absolute Gasteiger partial charge is 0.272 e. The first-order chi connectivity index (χ1) is 16.2. The van der Waals surface area contributed by atoms with Gasteiger partial charge in [0.25, 0.3) is 5.91 Å². The number of nitrogens with zero attached hydrogens (tertiary/aromatic N) is 2. The molecule has 1 aliphatic heterocycles. The largest absolute Gasteiger partial charge is 0.369 e. The van der Waals surface area contributed by atoms with Crippen LogP contribution in [0.4, 0.5) is 5.69 Å².